The maximum absolute atomic E-state index is 12.0. The average Bonchev–Trinajstić information content (AvgIpc) is 2.10. The second-order valence-electron chi connectivity index (χ2n) is 3.44. The molecule has 0 aliphatic rings. The van der Waals surface area contributed by atoms with Crippen molar-refractivity contribution in [3.05, 3.63) is 0 Å². The molecule has 9 heteroatoms. The monoisotopic (exact) mass is 280 g/mol. The van der Waals surface area contributed by atoms with Crippen molar-refractivity contribution in [3.63, 3.8) is 0 Å². The number of carbonyl (C=O) groups excluding carboxylic acids is 2. The van der Waals surface area contributed by atoms with Crippen LogP contribution in [0.1, 0.15) is 26.2 Å². The van der Waals surface area contributed by atoms with Gasteiger partial charge in [0.2, 0.25) is 0 Å². The van der Waals surface area contributed by atoms with Crippen LogP contribution in [0, 0.1) is 5.92 Å². The van der Waals surface area contributed by atoms with E-state index in [0.29, 0.717) is 0 Å². The van der Waals surface area contributed by atoms with Crippen molar-refractivity contribution in [2.24, 2.45) is 5.92 Å². The fourth-order valence-electron chi connectivity index (χ4n) is 1.01. The standard InChI is InChI=1S/C9H10F6O3/c1-2-3-6(16)18-7(17)4-5(8(10,11)12)9(13,14)15/h5H,2-4H2,1H3. The summed E-state index contributed by atoms with van der Waals surface area (Å²) in [6, 6.07) is 0. The second kappa shape index (κ2) is 6.05. The van der Waals surface area contributed by atoms with E-state index in [4.69, 9.17) is 0 Å². The van der Waals surface area contributed by atoms with Crippen LogP contribution in [0.3, 0.4) is 0 Å². The Hall–Kier alpha value is -1.28. The molecule has 0 aromatic rings. The first kappa shape index (κ1) is 16.7. The highest BCUT2D eigenvalue weighted by molar-refractivity contribution is 5.85. The molecule has 0 spiro atoms. The van der Waals surface area contributed by atoms with Crippen LogP contribution in [0.4, 0.5) is 26.3 Å². The van der Waals surface area contributed by atoms with Crippen LogP contribution in [0.15, 0.2) is 0 Å². The molecule has 0 N–H and O–H groups in total. The van der Waals surface area contributed by atoms with E-state index in [9.17, 15) is 35.9 Å². The van der Waals surface area contributed by atoms with Gasteiger partial charge in [0.15, 0.2) is 5.92 Å². The van der Waals surface area contributed by atoms with Crippen LogP contribution < -0.4 is 0 Å². The molecule has 0 aromatic carbocycles. The smallest absolute Gasteiger partial charge is 0.393 e. The van der Waals surface area contributed by atoms with E-state index in [-0.39, 0.29) is 12.8 Å². The third-order valence-corrected chi connectivity index (χ3v) is 1.84. The topological polar surface area (TPSA) is 43.4 Å². The zero-order valence-electron chi connectivity index (χ0n) is 9.19. The maximum Gasteiger partial charge on any atom is 0.401 e. The van der Waals surface area contributed by atoms with Gasteiger partial charge in [-0.15, -0.1) is 0 Å². The fraction of sp³-hybridized carbons (Fsp3) is 0.778. The summed E-state index contributed by atoms with van der Waals surface area (Å²) >= 11 is 0. The van der Waals surface area contributed by atoms with Crippen LogP contribution in [-0.2, 0) is 14.3 Å². The number of halogens is 6. The van der Waals surface area contributed by atoms with Crippen molar-refractivity contribution < 1.29 is 40.7 Å². The average molecular weight is 280 g/mol. The van der Waals surface area contributed by atoms with E-state index in [1.165, 1.54) is 6.92 Å². The molecule has 0 radical (unpaired) electrons. The van der Waals surface area contributed by atoms with Gasteiger partial charge in [-0.3, -0.25) is 9.59 Å². The third kappa shape index (κ3) is 5.87. The number of rotatable bonds is 4. The zero-order chi connectivity index (χ0) is 14.6. The molecule has 0 atom stereocenters. The summed E-state index contributed by atoms with van der Waals surface area (Å²) in [5.41, 5.74) is 0. The maximum atomic E-state index is 12.0. The number of carbonyl (C=O) groups is 2. The van der Waals surface area contributed by atoms with Crippen molar-refractivity contribution in [3.8, 4) is 0 Å². The first-order valence-corrected chi connectivity index (χ1v) is 4.85. The van der Waals surface area contributed by atoms with Crippen LogP contribution in [0.5, 0.6) is 0 Å². The molecule has 0 rings (SSSR count). The van der Waals surface area contributed by atoms with E-state index >= 15 is 0 Å². The number of hydrogen-bond acceptors (Lipinski definition) is 3. The Bertz CT molecular complexity index is 292. The normalized spacial score (nSPS) is 12.7. The minimum absolute atomic E-state index is 0.256. The highest BCUT2D eigenvalue weighted by Gasteiger charge is 2.57. The molecule has 0 saturated carbocycles. The van der Waals surface area contributed by atoms with Gasteiger partial charge in [-0.1, -0.05) is 6.92 Å². The lowest BCUT2D eigenvalue weighted by atomic mass is 10.1. The van der Waals surface area contributed by atoms with Crippen LogP contribution in [0.2, 0.25) is 0 Å². The molecule has 0 unspecified atom stereocenters. The molecule has 0 aliphatic carbocycles. The lowest BCUT2D eigenvalue weighted by molar-refractivity contribution is -0.285. The quantitative estimate of drug-likeness (QED) is 0.451. The Kier molecular flexibility index (Phi) is 5.62. The molecular weight excluding hydrogens is 270 g/mol. The first-order valence-electron chi connectivity index (χ1n) is 4.85. The van der Waals surface area contributed by atoms with E-state index in [0.717, 1.165) is 0 Å². The number of esters is 2. The van der Waals surface area contributed by atoms with Gasteiger partial charge in [-0.05, 0) is 6.42 Å². The molecular formula is C9H10F6O3. The lowest BCUT2D eigenvalue weighted by Crippen LogP contribution is -2.38. The van der Waals surface area contributed by atoms with E-state index < -0.39 is 36.6 Å². The van der Waals surface area contributed by atoms with Gasteiger partial charge in [-0.2, -0.15) is 26.3 Å². The summed E-state index contributed by atoms with van der Waals surface area (Å²) in [6.07, 6.45) is -13.2. The van der Waals surface area contributed by atoms with Gasteiger partial charge in [0.25, 0.3) is 0 Å². The van der Waals surface area contributed by atoms with Crippen molar-refractivity contribution in [2.45, 2.75) is 38.5 Å². The largest absolute Gasteiger partial charge is 0.401 e. The highest BCUT2D eigenvalue weighted by Crippen LogP contribution is 2.41. The minimum Gasteiger partial charge on any atom is -0.393 e. The minimum atomic E-state index is -5.62. The van der Waals surface area contributed by atoms with Crippen molar-refractivity contribution in [1.29, 1.82) is 0 Å². The molecule has 0 aliphatic heterocycles. The summed E-state index contributed by atoms with van der Waals surface area (Å²) in [6.45, 7) is 1.53. The van der Waals surface area contributed by atoms with Gasteiger partial charge in [0.1, 0.15) is 0 Å². The third-order valence-electron chi connectivity index (χ3n) is 1.84. The summed E-state index contributed by atoms with van der Waals surface area (Å²) in [5.74, 6) is -6.81. The zero-order valence-corrected chi connectivity index (χ0v) is 9.19. The number of ether oxygens (including phenoxy) is 1. The second-order valence-corrected chi connectivity index (χ2v) is 3.44. The molecule has 3 nitrogen and oxygen atoms in total. The number of alkyl halides is 6. The van der Waals surface area contributed by atoms with Crippen molar-refractivity contribution in [2.75, 3.05) is 0 Å². The van der Waals surface area contributed by atoms with Crippen LogP contribution >= 0.6 is 0 Å². The Morgan fingerprint density at radius 2 is 1.44 bits per heavy atom. The Morgan fingerprint density at radius 3 is 1.78 bits per heavy atom. The molecule has 0 amide bonds. The van der Waals surface area contributed by atoms with Gasteiger partial charge in [-0.25, -0.2) is 0 Å². The Morgan fingerprint density at radius 1 is 1.00 bits per heavy atom. The fourth-order valence-corrected chi connectivity index (χ4v) is 1.01. The lowest BCUT2D eigenvalue weighted by Gasteiger charge is -2.21. The summed E-state index contributed by atoms with van der Waals surface area (Å²) in [7, 11) is 0. The predicted octanol–water partition coefficient (Wildman–Crippen LogP) is 2.99. The number of hydrogen-bond donors (Lipinski definition) is 0. The molecule has 0 aromatic heterocycles. The van der Waals surface area contributed by atoms with Crippen LogP contribution in [-0.4, -0.2) is 24.3 Å². The van der Waals surface area contributed by atoms with E-state index in [2.05, 4.69) is 4.74 Å². The summed E-state index contributed by atoms with van der Waals surface area (Å²) < 4.78 is 76.1. The molecule has 0 bridgehead atoms. The first-order chi connectivity index (χ1) is 7.98. The molecule has 0 saturated heterocycles. The van der Waals surface area contributed by atoms with E-state index in [1.807, 2.05) is 0 Å². The summed E-state index contributed by atoms with van der Waals surface area (Å²) in [5, 5.41) is 0. The molecule has 18 heavy (non-hydrogen) atoms. The molecule has 0 heterocycles. The van der Waals surface area contributed by atoms with Gasteiger partial charge in [0.05, 0.1) is 6.42 Å². The predicted molar refractivity (Wildman–Crippen MR) is 46.2 cm³/mol. The summed E-state index contributed by atoms with van der Waals surface area (Å²) in [4.78, 5) is 21.5. The Labute approximate surface area is 98.1 Å². The van der Waals surface area contributed by atoms with Crippen molar-refractivity contribution in [1.82, 2.24) is 0 Å². The van der Waals surface area contributed by atoms with Gasteiger partial charge < -0.3 is 4.74 Å². The highest BCUT2D eigenvalue weighted by atomic mass is 19.4. The van der Waals surface area contributed by atoms with E-state index in [1.54, 1.807) is 0 Å². The molecule has 0 fully saturated rings. The Balaban J connectivity index is 4.62. The SMILES string of the molecule is CCCC(=O)OC(=O)CC(C(F)(F)F)C(F)(F)F. The van der Waals surface area contributed by atoms with Gasteiger partial charge in [0, 0.05) is 6.42 Å². The van der Waals surface area contributed by atoms with Gasteiger partial charge >= 0.3 is 24.3 Å². The van der Waals surface area contributed by atoms with Crippen molar-refractivity contribution >= 4 is 11.9 Å². The molecule has 106 valence electrons. The van der Waals surface area contributed by atoms with Crippen LogP contribution in [0.25, 0.3) is 0 Å².